The number of aromatic nitrogens is 2. The van der Waals surface area contributed by atoms with E-state index in [0.717, 1.165) is 22.5 Å². The van der Waals surface area contributed by atoms with Gasteiger partial charge in [-0.1, -0.05) is 90.1 Å². The van der Waals surface area contributed by atoms with Crippen LogP contribution in [0.5, 0.6) is 0 Å². The summed E-state index contributed by atoms with van der Waals surface area (Å²) in [7, 11) is 0. The second kappa shape index (κ2) is 10.4. The third kappa shape index (κ3) is 4.94. The maximum absolute atomic E-state index is 14.2. The first-order chi connectivity index (χ1) is 16.1. The van der Waals surface area contributed by atoms with Gasteiger partial charge in [0.25, 0.3) is 5.56 Å². The fourth-order valence-corrected chi connectivity index (χ4v) is 4.35. The van der Waals surface area contributed by atoms with Crippen molar-refractivity contribution in [1.82, 2.24) is 9.55 Å². The van der Waals surface area contributed by atoms with Crippen molar-refractivity contribution in [2.45, 2.75) is 25.0 Å². The van der Waals surface area contributed by atoms with Gasteiger partial charge in [-0.05, 0) is 44.4 Å². The standard InChI is InChI=1S/C28H27N3OS/c1-4-11-24(29-22-14-9-6-10-15-22)25-26(21-12-7-5-8-13-21)30-28(33-3)31(27(25)32)23-18-16-20(2)17-19-23/h4-19,24,29H,1-3H3/b11-4+. The molecule has 1 N–H and O–H groups in total. The quantitative estimate of drug-likeness (QED) is 0.193. The fourth-order valence-electron chi connectivity index (χ4n) is 3.79. The molecule has 1 atom stereocenters. The summed E-state index contributed by atoms with van der Waals surface area (Å²) >= 11 is 1.47. The van der Waals surface area contributed by atoms with Gasteiger partial charge in [0.2, 0.25) is 0 Å². The summed E-state index contributed by atoms with van der Waals surface area (Å²) in [5.41, 5.74) is 5.03. The third-order valence-corrected chi connectivity index (χ3v) is 6.04. The van der Waals surface area contributed by atoms with Crippen LogP contribution in [0.3, 0.4) is 0 Å². The normalized spacial score (nSPS) is 12.1. The summed E-state index contributed by atoms with van der Waals surface area (Å²) in [5, 5.41) is 4.18. The van der Waals surface area contributed by atoms with Gasteiger partial charge < -0.3 is 5.32 Å². The van der Waals surface area contributed by atoms with Crippen LogP contribution in [0, 0.1) is 6.92 Å². The van der Waals surface area contributed by atoms with E-state index in [4.69, 9.17) is 4.98 Å². The summed E-state index contributed by atoms with van der Waals surface area (Å²) < 4.78 is 1.72. The summed E-state index contributed by atoms with van der Waals surface area (Å²) in [4.78, 5) is 19.2. The van der Waals surface area contributed by atoms with E-state index >= 15 is 0 Å². The number of hydrogen-bond donors (Lipinski definition) is 1. The Labute approximate surface area is 199 Å². The van der Waals surface area contributed by atoms with Crippen LogP contribution in [0.25, 0.3) is 16.9 Å². The lowest BCUT2D eigenvalue weighted by atomic mass is 10.00. The molecule has 1 aromatic heterocycles. The van der Waals surface area contributed by atoms with Gasteiger partial charge in [-0.2, -0.15) is 0 Å². The molecule has 5 heteroatoms. The zero-order valence-corrected chi connectivity index (χ0v) is 19.8. The predicted molar refractivity (Wildman–Crippen MR) is 139 cm³/mol. The first-order valence-electron chi connectivity index (χ1n) is 10.9. The van der Waals surface area contributed by atoms with E-state index in [9.17, 15) is 4.79 Å². The average Bonchev–Trinajstić information content (AvgIpc) is 2.85. The van der Waals surface area contributed by atoms with Crippen LogP contribution in [-0.2, 0) is 0 Å². The van der Waals surface area contributed by atoms with Gasteiger partial charge in [0.05, 0.1) is 23.0 Å². The second-order valence-corrected chi connectivity index (χ2v) is 8.49. The van der Waals surface area contributed by atoms with Crippen molar-refractivity contribution in [1.29, 1.82) is 0 Å². The summed E-state index contributed by atoms with van der Waals surface area (Å²) in [6.07, 6.45) is 5.93. The Morgan fingerprint density at radius 3 is 2.18 bits per heavy atom. The van der Waals surface area contributed by atoms with E-state index in [2.05, 4.69) is 5.32 Å². The molecule has 0 bridgehead atoms. The molecule has 0 amide bonds. The lowest BCUT2D eigenvalue weighted by Crippen LogP contribution is -2.30. The Bertz CT molecular complexity index is 1300. The first-order valence-corrected chi connectivity index (χ1v) is 12.1. The number of aryl methyl sites for hydroxylation is 1. The maximum Gasteiger partial charge on any atom is 0.264 e. The number of allylic oxidation sites excluding steroid dienone is 1. The van der Waals surface area contributed by atoms with Gasteiger partial charge in [0.15, 0.2) is 5.16 Å². The first kappa shape index (κ1) is 22.6. The van der Waals surface area contributed by atoms with Crippen LogP contribution in [0.1, 0.15) is 24.1 Å². The Hall–Kier alpha value is -3.57. The number of hydrogen-bond acceptors (Lipinski definition) is 4. The van der Waals surface area contributed by atoms with Crippen LogP contribution in [0.4, 0.5) is 5.69 Å². The van der Waals surface area contributed by atoms with Gasteiger partial charge in [-0.25, -0.2) is 4.98 Å². The van der Waals surface area contributed by atoms with Crippen LogP contribution in [-0.4, -0.2) is 15.8 Å². The van der Waals surface area contributed by atoms with E-state index in [1.807, 2.05) is 117 Å². The lowest BCUT2D eigenvalue weighted by molar-refractivity contribution is 0.765. The molecular weight excluding hydrogens is 426 g/mol. The molecule has 4 nitrogen and oxygen atoms in total. The molecule has 0 aliphatic carbocycles. The molecule has 1 heterocycles. The smallest absolute Gasteiger partial charge is 0.264 e. The van der Waals surface area contributed by atoms with Crippen LogP contribution < -0.4 is 10.9 Å². The maximum atomic E-state index is 14.2. The van der Waals surface area contributed by atoms with Crippen molar-refractivity contribution in [2.75, 3.05) is 11.6 Å². The molecule has 0 saturated heterocycles. The Morgan fingerprint density at radius 1 is 0.939 bits per heavy atom. The Kier molecular flexibility index (Phi) is 7.10. The molecule has 0 aliphatic rings. The van der Waals surface area contributed by atoms with Crippen LogP contribution in [0.2, 0.25) is 0 Å². The van der Waals surface area contributed by atoms with Gasteiger partial charge in [-0.15, -0.1) is 0 Å². The molecule has 0 fully saturated rings. The highest BCUT2D eigenvalue weighted by molar-refractivity contribution is 7.98. The minimum atomic E-state index is -0.347. The van der Waals surface area contributed by atoms with Crippen molar-refractivity contribution in [3.8, 4) is 16.9 Å². The summed E-state index contributed by atoms with van der Waals surface area (Å²) in [5.74, 6) is 0. The molecule has 3 aromatic carbocycles. The largest absolute Gasteiger partial charge is 0.374 e. The van der Waals surface area contributed by atoms with E-state index in [1.165, 1.54) is 11.8 Å². The Morgan fingerprint density at radius 2 is 1.58 bits per heavy atom. The molecule has 0 aliphatic heterocycles. The third-order valence-electron chi connectivity index (χ3n) is 5.40. The van der Waals surface area contributed by atoms with Crippen molar-refractivity contribution < 1.29 is 0 Å². The van der Waals surface area contributed by atoms with Gasteiger partial charge >= 0.3 is 0 Å². The van der Waals surface area contributed by atoms with Crippen molar-refractivity contribution >= 4 is 17.4 Å². The topological polar surface area (TPSA) is 46.9 Å². The van der Waals surface area contributed by atoms with E-state index in [1.54, 1.807) is 4.57 Å². The minimum absolute atomic E-state index is 0.0800. The Balaban J connectivity index is 2.00. The second-order valence-electron chi connectivity index (χ2n) is 7.72. The number of nitrogens with one attached hydrogen (secondary N) is 1. The minimum Gasteiger partial charge on any atom is -0.374 e. The van der Waals surface area contributed by atoms with Gasteiger partial charge in [0, 0.05) is 11.3 Å². The van der Waals surface area contributed by atoms with Gasteiger partial charge in [-0.3, -0.25) is 9.36 Å². The van der Waals surface area contributed by atoms with Crippen molar-refractivity contribution in [3.63, 3.8) is 0 Å². The zero-order chi connectivity index (χ0) is 23.2. The number of anilines is 1. The molecular formula is C28H27N3OS. The zero-order valence-electron chi connectivity index (χ0n) is 19.0. The van der Waals surface area contributed by atoms with Crippen molar-refractivity contribution in [2.24, 2.45) is 0 Å². The highest BCUT2D eigenvalue weighted by atomic mass is 32.2. The van der Waals surface area contributed by atoms with Crippen LogP contribution >= 0.6 is 11.8 Å². The highest BCUT2D eigenvalue weighted by Crippen LogP contribution is 2.30. The van der Waals surface area contributed by atoms with Crippen LogP contribution in [0.15, 0.2) is 107 Å². The van der Waals surface area contributed by atoms with E-state index in [0.29, 0.717) is 16.4 Å². The van der Waals surface area contributed by atoms with Crippen molar-refractivity contribution in [3.05, 3.63) is 119 Å². The monoisotopic (exact) mass is 453 g/mol. The fraction of sp³-hybridized carbons (Fsp3) is 0.143. The molecule has 0 saturated carbocycles. The molecule has 4 rings (SSSR count). The lowest BCUT2D eigenvalue weighted by Gasteiger charge is -2.22. The molecule has 1 unspecified atom stereocenters. The number of para-hydroxylation sites is 1. The predicted octanol–water partition coefficient (Wildman–Crippen LogP) is 6.66. The number of rotatable bonds is 7. The summed E-state index contributed by atoms with van der Waals surface area (Å²) in [6.45, 7) is 4.00. The molecule has 0 spiro atoms. The van der Waals surface area contributed by atoms with E-state index in [-0.39, 0.29) is 11.6 Å². The SMILES string of the molecule is C/C=C/C(Nc1ccccc1)c1c(-c2ccccc2)nc(SC)n(-c2ccc(C)cc2)c1=O. The number of benzene rings is 3. The number of thioether (sulfide) groups is 1. The average molecular weight is 454 g/mol. The molecule has 4 aromatic rings. The van der Waals surface area contributed by atoms with Gasteiger partial charge in [0.1, 0.15) is 0 Å². The van der Waals surface area contributed by atoms with E-state index < -0.39 is 0 Å². The molecule has 0 radical (unpaired) electrons. The highest BCUT2D eigenvalue weighted by Gasteiger charge is 2.24. The molecule has 166 valence electrons. The molecule has 33 heavy (non-hydrogen) atoms. The summed E-state index contributed by atoms with van der Waals surface area (Å²) in [6, 6.07) is 27.5. The number of nitrogens with zero attached hydrogens (tertiary/aromatic N) is 2.